The second-order valence-electron chi connectivity index (χ2n) is 7.03. The van der Waals surface area contributed by atoms with E-state index in [1.807, 2.05) is 0 Å². The molecule has 1 aromatic carbocycles. The van der Waals surface area contributed by atoms with Crippen molar-refractivity contribution in [2.75, 3.05) is 17.7 Å². The Morgan fingerprint density at radius 1 is 1.22 bits per heavy atom. The van der Waals surface area contributed by atoms with Gasteiger partial charge in [0.2, 0.25) is 0 Å². The molecule has 0 radical (unpaired) electrons. The predicted molar refractivity (Wildman–Crippen MR) is 114 cm³/mol. The number of urea groups is 1. The first-order valence-corrected chi connectivity index (χ1v) is 11.9. The maximum Gasteiger partial charge on any atom is 0.325 e. The van der Waals surface area contributed by atoms with Crippen LogP contribution in [0, 0.1) is 5.92 Å². The maximum absolute atomic E-state index is 13.0. The highest BCUT2D eigenvalue weighted by Crippen LogP contribution is 2.32. The van der Waals surface area contributed by atoms with E-state index in [0.29, 0.717) is 17.0 Å². The minimum atomic E-state index is -3.97. The first-order chi connectivity index (χ1) is 15.4. The molecule has 1 aliphatic rings. The fourth-order valence-electron chi connectivity index (χ4n) is 3.42. The summed E-state index contributed by atoms with van der Waals surface area (Å²) in [6.07, 6.45) is 4.74. The highest BCUT2D eigenvalue weighted by atomic mass is 32.2. The van der Waals surface area contributed by atoms with Crippen LogP contribution in [-0.2, 0) is 9.84 Å². The van der Waals surface area contributed by atoms with Gasteiger partial charge in [-0.1, -0.05) is 29.3 Å². The Kier molecular flexibility index (Phi) is 6.14. The van der Waals surface area contributed by atoms with Gasteiger partial charge in [0.05, 0.1) is 19.0 Å². The van der Waals surface area contributed by atoms with Crippen molar-refractivity contribution in [3.8, 4) is 5.75 Å². The molecule has 0 spiro atoms. The number of Topliss-reactive ketones (excluding diaryl/α,β-unsaturated/α-hetero) is 1. The smallest absolute Gasteiger partial charge is 0.325 e. The molecule has 32 heavy (non-hydrogen) atoms. The Hall–Kier alpha value is -3.39. The van der Waals surface area contributed by atoms with Crippen molar-refractivity contribution in [2.24, 2.45) is 5.92 Å². The number of aromatic nitrogens is 5. The number of rotatable bonds is 7. The lowest BCUT2D eigenvalue weighted by Crippen LogP contribution is -2.22. The second kappa shape index (κ2) is 9.00. The van der Waals surface area contributed by atoms with Crippen LogP contribution >= 0.6 is 11.3 Å². The highest BCUT2D eigenvalue weighted by Gasteiger charge is 2.27. The molecule has 4 rings (SSSR count). The maximum atomic E-state index is 13.0. The number of hydrogen-bond donors (Lipinski definition) is 3. The molecule has 3 aromatic rings. The fourth-order valence-corrected chi connectivity index (χ4v) is 5.57. The quantitative estimate of drug-likeness (QED) is 0.433. The molecule has 1 saturated carbocycles. The van der Waals surface area contributed by atoms with Gasteiger partial charge in [-0.3, -0.25) is 10.1 Å². The SMILES string of the molecule is COc1ccc(NC(=O)Nc2ncc(S(=O)(=O)c3nnn[nH]3)s2)c(C(=O)C2CCCC2)c1. The lowest BCUT2D eigenvalue weighted by Gasteiger charge is -2.15. The van der Waals surface area contributed by atoms with Gasteiger partial charge in [-0.2, -0.15) is 0 Å². The normalized spacial score (nSPS) is 14.3. The van der Waals surface area contributed by atoms with Crippen LogP contribution in [0.3, 0.4) is 0 Å². The number of nitrogens with zero attached hydrogens (tertiary/aromatic N) is 4. The van der Waals surface area contributed by atoms with Crippen molar-refractivity contribution in [2.45, 2.75) is 35.0 Å². The molecule has 2 aromatic heterocycles. The van der Waals surface area contributed by atoms with Crippen LogP contribution in [0.15, 0.2) is 33.8 Å². The average Bonchev–Trinajstić information content (AvgIpc) is 3.56. The number of carbonyl (C=O) groups excluding carboxylic acids is 2. The van der Waals surface area contributed by atoms with Crippen molar-refractivity contribution in [1.82, 2.24) is 25.6 Å². The van der Waals surface area contributed by atoms with Crippen molar-refractivity contribution in [3.63, 3.8) is 0 Å². The number of tetrazole rings is 1. The number of thiazole rings is 1. The number of H-pyrrole nitrogens is 1. The van der Waals surface area contributed by atoms with Gasteiger partial charge in [0.15, 0.2) is 10.9 Å². The molecule has 2 heterocycles. The van der Waals surface area contributed by atoms with E-state index in [9.17, 15) is 18.0 Å². The van der Waals surface area contributed by atoms with E-state index in [2.05, 4.69) is 36.2 Å². The summed E-state index contributed by atoms with van der Waals surface area (Å²) in [6.45, 7) is 0. The topological polar surface area (TPSA) is 169 Å². The standard InChI is InChI=1S/C18H19N7O5S2/c1-30-11-6-7-13(12(8-11)15(26)10-4-2-3-5-10)20-16(27)21-17-19-9-14(31-17)32(28,29)18-22-24-25-23-18/h6-10H,2-5H2,1H3,(H2,19,20,21,27)(H,22,23,24,25). The number of amides is 2. The number of anilines is 2. The summed E-state index contributed by atoms with van der Waals surface area (Å²) < 4.78 is 29.9. The minimum Gasteiger partial charge on any atom is -0.497 e. The Balaban J connectivity index is 1.50. The first-order valence-electron chi connectivity index (χ1n) is 9.63. The van der Waals surface area contributed by atoms with Crippen LogP contribution in [0.5, 0.6) is 5.75 Å². The van der Waals surface area contributed by atoms with E-state index in [1.54, 1.807) is 18.2 Å². The molecule has 14 heteroatoms. The third kappa shape index (κ3) is 4.45. The molecular formula is C18H19N7O5S2. The van der Waals surface area contributed by atoms with E-state index in [-0.39, 0.29) is 21.0 Å². The van der Waals surface area contributed by atoms with Gasteiger partial charge in [0.25, 0.3) is 15.0 Å². The van der Waals surface area contributed by atoms with Gasteiger partial charge >= 0.3 is 6.03 Å². The number of hydrogen-bond acceptors (Lipinski definition) is 10. The number of ketones is 1. The summed E-state index contributed by atoms with van der Waals surface area (Å²) in [4.78, 5) is 29.4. The predicted octanol–water partition coefficient (Wildman–Crippen LogP) is 2.51. The van der Waals surface area contributed by atoms with Crippen molar-refractivity contribution in [3.05, 3.63) is 30.0 Å². The zero-order valence-electron chi connectivity index (χ0n) is 16.9. The fraction of sp³-hybridized carbons (Fsp3) is 0.333. The Bertz CT molecular complexity index is 1230. The lowest BCUT2D eigenvalue weighted by molar-refractivity contribution is 0.0923. The molecular weight excluding hydrogens is 458 g/mol. The number of ether oxygens (including phenoxy) is 1. The van der Waals surface area contributed by atoms with Crippen LogP contribution in [0.2, 0.25) is 0 Å². The van der Waals surface area contributed by atoms with Crippen molar-refractivity contribution < 1.29 is 22.7 Å². The van der Waals surface area contributed by atoms with Crippen LogP contribution in [0.25, 0.3) is 0 Å². The van der Waals surface area contributed by atoms with Gasteiger partial charge < -0.3 is 10.1 Å². The first kappa shape index (κ1) is 21.8. The molecule has 3 N–H and O–H groups in total. The van der Waals surface area contributed by atoms with Gasteiger partial charge in [0.1, 0.15) is 9.96 Å². The molecule has 0 unspecified atom stereocenters. The van der Waals surface area contributed by atoms with E-state index in [1.165, 1.54) is 7.11 Å². The van der Waals surface area contributed by atoms with Gasteiger partial charge in [0, 0.05) is 11.5 Å². The largest absolute Gasteiger partial charge is 0.497 e. The van der Waals surface area contributed by atoms with E-state index in [4.69, 9.17) is 4.74 Å². The van der Waals surface area contributed by atoms with Crippen LogP contribution in [0.1, 0.15) is 36.0 Å². The summed E-state index contributed by atoms with van der Waals surface area (Å²) in [7, 11) is -2.47. The number of aromatic amines is 1. The monoisotopic (exact) mass is 477 g/mol. The van der Waals surface area contributed by atoms with Crippen LogP contribution in [0.4, 0.5) is 15.6 Å². The van der Waals surface area contributed by atoms with Gasteiger partial charge in [-0.15, -0.1) is 0 Å². The Morgan fingerprint density at radius 3 is 2.69 bits per heavy atom. The summed E-state index contributed by atoms with van der Waals surface area (Å²) in [5.41, 5.74) is 0.698. The Morgan fingerprint density at radius 2 is 2.00 bits per heavy atom. The summed E-state index contributed by atoms with van der Waals surface area (Å²) >= 11 is 0.740. The molecule has 1 aliphatic carbocycles. The highest BCUT2D eigenvalue weighted by molar-refractivity contribution is 7.93. The molecule has 12 nitrogen and oxygen atoms in total. The Labute approximate surface area is 186 Å². The zero-order valence-corrected chi connectivity index (χ0v) is 18.5. The molecule has 0 aliphatic heterocycles. The third-order valence-corrected chi connectivity index (χ3v) is 7.95. The average molecular weight is 478 g/mol. The molecule has 2 amide bonds. The molecule has 0 atom stereocenters. The number of methoxy groups -OCH3 is 1. The molecule has 168 valence electrons. The van der Waals surface area contributed by atoms with Gasteiger partial charge in [-0.25, -0.2) is 23.3 Å². The van der Waals surface area contributed by atoms with Crippen LogP contribution in [-0.4, -0.2) is 53.0 Å². The van der Waals surface area contributed by atoms with Gasteiger partial charge in [-0.05, 0) is 41.5 Å². The van der Waals surface area contributed by atoms with Crippen molar-refractivity contribution >= 4 is 43.8 Å². The summed E-state index contributed by atoms with van der Waals surface area (Å²) in [5, 5.41) is 16.8. The number of benzene rings is 1. The van der Waals surface area contributed by atoms with Crippen LogP contribution < -0.4 is 15.4 Å². The third-order valence-electron chi connectivity index (χ3n) is 5.02. The number of sulfone groups is 1. The molecule has 1 fully saturated rings. The molecule has 0 bridgehead atoms. The molecule has 0 saturated heterocycles. The summed E-state index contributed by atoms with van der Waals surface area (Å²) in [5.74, 6) is 0.386. The summed E-state index contributed by atoms with van der Waals surface area (Å²) in [6, 6.07) is 4.17. The second-order valence-corrected chi connectivity index (χ2v) is 10.2. The zero-order chi connectivity index (χ0) is 22.7. The van der Waals surface area contributed by atoms with Crippen molar-refractivity contribution in [1.29, 1.82) is 0 Å². The van der Waals surface area contributed by atoms with E-state index >= 15 is 0 Å². The van der Waals surface area contributed by atoms with E-state index in [0.717, 1.165) is 43.2 Å². The number of nitrogens with one attached hydrogen (secondary N) is 3. The minimum absolute atomic E-state index is 0.0417. The van der Waals surface area contributed by atoms with E-state index < -0.39 is 21.0 Å². The lowest BCUT2D eigenvalue weighted by atomic mass is 9.95. The number of carbonyl (C=O) groups is 2.